The molecule has 14 heteroatoms. The first kappa shape index (κ1) is 22.2. The first-order chi connectivity index (χ1) is 13.5. The quantitative estimate of drug-likeness (QED) is 0.690. The molecule has 1 aliphatic heterocycles. The fraction of sp³-hybridized carbons (Fsp3) is 0.533. The topological polar surface area (TPSA) is 108 Å². The maximum Gasteiger partial charge on any atom is 0.434 e. The van der Waals surface area contributed by atoms with Crippen LogP contribution in [-0.4, -0.2) is 58.2 Å². The van der Waals surface area contributed by atoms with E-state index < -0.39 is 28.5 Å². The summed E-state index contributed by atoms with van der Waals surface area (Å²) in [6, 6.07) is -0.140. The summed E-state index contributed by atoms with van der Waals surface area (Å²) in [4.78, 5) is 11.3. The summed E-state index contributed by atoms with van der Waals surface area (Å²) in [6.45, 7) is 0.00815. The summed E-state index contributed by atoms with van der Waals surface area (Å²) < 4.78 is 64.5. The Morgan fingerprint density at radius 3 is 2.55 bits per heavy atom. The SMILES string of the molecule is CS(=O)(=O)N1CCC(Nc2ncc(Cl)c(-c3sc(CO)nc3C(F)(F)F)n2)CC1. The Hall–Kier alpha value is -1.54. The van der Waals surface area contributed by atoms with Crippen molar-refractivity contribution in [1.29, 1.82) is 0 Å². The third kappa shape index (κ3) is 5.15. The number of piperidine rings is 1. The second-order valence-corrected chi connectivity index (χ2v) is 9.89. The van der Waals surface area contributed by atoms with Crippen LogP contribution < -0.4 is 5.32 Å². The molecular weight excluding hydrogens is 455 g/mol. The van der Waals surface area contributed by atoms with Gasteiger partial charge in [-0.15, -0.1) is 11.3 Å². The van der Waals surface area contributed by atoms with E-state index in [1.807, 2.05) is 0 Å². The van der Waals surface area contributed by atoms with Crippen LogP contribution in [0, 0.1) is 0 Å². The molecule has 0 aromatic carbocycles. The number of anilines is 1. The molecule has 3 rings (SSSR count). The lowest BCUT2D eigenvalue weighted by Gasteiger charge is -2.30. The van der Waals surface area contributed by atoms with Crippen molar-refractivity contribution in [2.75, 3.05) is 24.7 Å². The molecule has 1 fully saturated rings. The van der Waals surface area contributed by atoms with Crippen LogP contribution in [0.25, 0.3) is 10.6 Å². The van der Waals surface area contributed by atoms with E-state index in [1.54, 1.807) is 0 Å². The van der Waals surface area contributed by atoms with E-state index in [4.69, 9.17) is 16.7 Å². The summed E-state index contributed by atoms with van der Waals surface area (Å²) in [5.41, 5.74) is -1.30. The van der Waals surface area contributed by atoms with Crippen LogP contribution in [0.15, 0.2) is 6.20 Å². The van der Waals surface area contributed by atoms with Gasteiger partial charge in [0.1, 0.15) is 10.7 Å². The lowest BCUT2D eigenvalue weighted by Crippen LogP contribution is -2.42. The standard InChI is InChI=1S/C15H17ClF3N5O3S2/c1-29(26,27)24-4-2-8(3-5-24)21-14-20-6-9(16)11(23-14)12-13(15(17,18)19)22-10(7-25)28-12/h6,8,25H,2-5,7H2,1H3,(H,20,21,23). The monoisotopic (exact) mass is 471 g/mol. The molecule has 1 saturated heterocycles. The molecule has 160 valence electrons. The molecule has 2 N–H and O–H groups in total. The van der Waals surface area contributed by atoms with E-state index in [0.717, 1.165) is 6.26 Å². The maximum atomic E-state index is 13.3. The zero-order valence-electron chi connectivity index (χ0n) is 15.1. The second kappa shape index (κ2) is 8.30. The van der Waals surface area contributed by atoms with E-state index in [2.05, 4.69) is 20.3 Å². The smallest absolute Gasteiger partial charge is 0.389 e. The number of sulfonamides is 1. The van der Waals surface area contributed by atoms with Crippen molar-refractivity contribution in [3.63, 3.8) is 0 Å². The van der Waals surface area contributed by atoms with Crippen molar-refractivity contribution < 1.29 is 26.7 Å². The molecule has 2 aromatic heterocycles. The number of nitrogens with one attached hydrogen (secondary N) is 1. The molecule has 0 bridgehead atoms. The maximum absolute atomic E-state index is 13.3. The molecule has 0 atom stereocenters. The van der Waals surface area contributed by atoms with Gasteiger partial charge in [-0.1, -0.05) is 11.6 Å². The van der Waals surface area contributed by atoms with Gasteiger partial charge in [-0.3, -0.25) is 0 Å². The van der Waals surface area contributed by atoms with Gasteiger partial charge in [0.2, 0.25) is 16.0 Å². The minimum Gasteiger partial charge on any atom is -0.389 e. The van der Waals surface area contributed by atoms with Crippen LogP contribution in [0.3, 0.4) is 0 Å². The molecule has 2 aromatic rings. The second-order valence-electron chi connectivity index (χ2n) is 6.41. The Morgan fingerprint density at radius 1 is 1.34 bits per heavy atom. The van der Waals surface area contributed by atoms with E-state index in [9.17, 15) is 21.6 Å². The highest BCUT2D eigenvalue weighted by molar-refractivity contribution is 7.88. The van der Waals surface area contributed by atoms with Gasteiger partial charge < -0.3 is 10.4 Å². The number of nitrogens with zero attached hydrogens (tertiary/aromatic N) is 4. The van der Waals surface area contributed by atoms with Crippen LogP contribution in [0.2, 0.25) is 5.02 Å². The van der Waals surface area contributed by atoms with Gasteiger partial charge in [0.15, 0.2) is 5.69 Å². The molecule has 0 saturated carbocycles. The highest BCUT2D eigenvalue weighted by atomic mass is 35.5. The van der Waals surface area contributed by atoms with E-state index in [0.29, 0.717) is 37.3 Å². The first-order valence-electron chi connectivity index (χ1n) is 8.41. The van der Waals surface area contributed by atoms with Gasteiger partial charge in [-0.2, -0.15) is 13.2 Å². The van der Waals surface area contributed by atoms with Gasteiger partial charge >= 0.3 is 6.18 Å². The number of hydrogen-bond acceptors (Lipinski definition) is 8. The molecule has 29 heavy (non-hydrogen) atoms. The van der Waals surface area contributed by atoms with Crippen LogP contribution in [0.4, 0.5) is 19.1 Å². The van der Waals surface area contributed by atoms with Crippen molar-refractivity contribution in [1.82, 2.24) is 19.3 Å². The third-order valence-electron chi connectivity index (χ3n) is 4.29. The van der Waals surface area contributed by atoms with Gasteiger partial charge in [-0.25, -0.2) is 27.7 Å². The zero-order valence-corrected chi connectivity index (χ0v) is 17.5. The molecular formula is C15H17ClF3N5O3S2. The number of rotatable bonds is 5. The van der Waals surface area contributed by atoms with Gasteiger partial charge in [0, 0.05) is 19.1 Å². The summed E-state index contributed by atoms with van der Waals surface area (Å²) >= 11 is 6.69. The Balaban J connectivity index is 1.84. The fourth-order valence-corrected chi connectivity index (χ4v) is 4.96. The van der Waals surface area contributed by atoms with Gasteiger partial charge in [0.25, 0.3) is 0 Å². The molecule has 1 aliphatic rings. The lowest BCUT2D eigenvalue weighted by atomic mass is 10.1. The predicted octanol–water partition coefficient (Wildman–Crippen LogP) is 2.60. The number of halogens is 4. The number of aliphatic hydroxyl groups excluding tert-OH is 1. The number of aromatic nitrogens is 3. The Morgan fingerprint density at radius 2 is 2.00 bits per heavy atom. The molecule has 0 spiro atoms. The minimum atomic E-state index is -4.74. The number of alkyl halides is 3. The van der Waals surface area contributed by atoms with Crippen LogP contribution in [-0.2, 0) is 22.8 Å². The van der Waals surface area contributed by atoms with Crippen molar-refractivity contribution in [2.45, 2.75) is 31.7 Å². The first-order valence-corrected chi connectivity index (χ1v) is 11.5. The Bertz CT molecular complexity index is 992. The minimum absolute atomic E-state index is 0.0780. The predicted molar refractivity (Wildman–Crippen MR) is 102 cm³/mol. The average molecular weight is 472 g/mol. The van der Waals surface area contributed by atoms with Crippen molar-refractivity contribution in [3.8, 4) is 10.6 Å². The molecule has 0 radical (unpaired) electrons. The summed E-state index contributed by atoms with van der Waals surface area (Å²) in [5, 5.41) is 12.0. The zero-order chi connectivity index (χ0) is 21.4. The molecule has 0 unspecified atom stereocenters. The van der Waals surface area contributed by atoms with Crippen LogP contribution in [0.1, 0.15) is 23.5 Å². The summed E-state index contributed by atoms with van der Waals surface area (Å²) in [7, 11) is -3.27. The normalized spacial score (nSPS) is 16.9. The average Bonchev–Trinajstić information content (AvgIpc) is 3.08. The van der Waals surface area contributed by atoms with Crippen LogP contribution >= 0.6 is 22.9 Å². The third-order valence-corrected chi connectivity index (χ3v) is 6.92. The lowest BCUT2D eigenvalue weighted by molar-refractivity contribution is -0.140. The number of aliphatic hydroxyl groups is 1. The number of thiazole rings is 1. The van der Waals surface area contributed by atoms with Crippen molar-refractivity contribution in [2.24, 2.45) is 0 Å². The Labute approximate surface area is 173 Å². The van der Waals surface area contributed by atoms with E-state index >= 15 is 0 Å². The van der Waals surface area contributed by atoms with E-state index in [-0.39, 0.29) is 32.6 Å². The van der Waals surface area contributed by atoms with Crippen molar-refractivity contribution in [3.05, 3.63) is 21.9 Å². The van der Waals surface area contributed by atoms with Crippen LogP contribution in [0.5, 0.6) is 0 Å². The highest BCUT2D eigenvalue weighted by Gasteiger charge is 2.39. The van der Waals surface area contributed by atoms with E-state index in [1.165, 1.54) is 10.5 Å². The van der Waals surface area contributed by atoms with Gasteiger partial charge in [0.05, 0.1) is 29.0 Å². The molecule has 8 nitrogen and oxygen atoms in total. The van der Waals surface area contributed by atoms with Gasteiger partial charge in [-0.05, 0) is 12.8 Å². The summed E-state index contributed by atoms with van der Waals surface area (Å²) in [6.07, 6.45) is -1.41. The summed E-state index contributed by atoms with van der Waals surface area (Å²) in [5.74, 6) is 0.0780. The molecule has 0 amide bonds. The molecule has 0 aliphatic carbocycles. The van der Waals surface area contributed by atoms with Crippen molar-refractivity contribution >= 4 is 38.9 Å². The Kier molecular flexibility index (Phi) is 6.34. The molecule has 3 heterocycles. The fourth-order valence-electron chi connectivity index (χ4n) is 2.89. The highest BCUT2D eigenvalue weighted by Crippen LogP contribution is 2.42. The largest absolute Gasteiger partial charge is 0.434 e. The number of hydrogen-bond donors (Lipinski definition) is 2.